The lowest BCUT2D eigenvalue weighted by atomic mass is 9.74. The van der Waals surface area contributed by atoms with Crippen molar-refractivity contribution < 1.29 is 19.8 Å². The maximum atomic E-state index is 12.2. The average Bonchev–Trinajstić information content (AvgIpc) is 2.34. The highest BCUT2D eigenvalue weighted by Gasteiger charge is 2.38. The van der Waals surface area contributed by atoms with Crippen LogP contribution in [0.1, 0.15) is 40.0 Å². The van der Waals surface area contributed by atoms with Gasteiger partial charge < -0.3 is 15.5 Å². The van der Waals surface area contributed by atoms with Crippen LogP contribution in [-0.4, -0.2) is 34.7 Å². The van der Waals surface area contributed by atoms with Crippen LogP contribution in [0, 0.1) is 23.7 Å². The molecule has 1 fully saturated rings. The molecule has 1 amide bonds. The summed E-state index contributed by atoms with van der Waals surface area (Å²) in [5.74, 6) is -1.72. The molecular formula is C14H25NO4. The van der Waals surface area contributed by atoms with Crippen LogP contribution in [0.15, 0.2) is 0 Å². The van der Waals surface area contributed by atoms with E-state index in [-0.39, 0.29) is 24.5 Å². The van der Waals surface area contributed by atoms with Gasteiger partial charge in [-0.3, -0.25) is 9.59 Å². The topological polar surface area (TPSA) is 86.6 Å². The molecule has 0 heterocycles. The van der Waals surface area contributed by atoms with E-state index in [1.54, 1.807) is 0 Å². The van der Waals surface area contributed by atoms with Crippen LogP contribution in [0.2, 0.25) is 0 Å². The molecule has 0 spiro atoms. The van der Waals surface area contributed by atoms with E-state index in [0.717, 1.165) is 6.42 Å². The van der Waals surface area contributed by atoms with Gasteiger partial charge in [0.05, 0.1) is 24.5 Å². The maximum absolute atomic E-state index is 12.2. The predicted molar refractivity (Wildman–Crippen MR) is 71.5 cm³/mol. The summed E-state index contributed by atoms with van der Waals surface area (Å²) in [6.45, 7) is 5.73. The summed E-state index contributed by atoms with van der Waals surface area (Å²) in [6, 6.07) is -0.304. The fourth-order valence-corrected chi connectivity index (χ4v) is 2.68. The van der Waals surface area contributed by atoms with Gasteiger partial charge in [-0.25, -0.2) is 0 Å². The number of aliphatic hydroxyl groups excluding tert-OH is 1. The Balaban J connectivity index is 2.70. The Kier molecular flexibility index (Phi) is 5.79. The van der Waals surface area contributed by atoms with Gasteiger partial charge in [0.15, 0.2) is 0 Å². The molecule has 0 bridgehead atoms. The zero-order valence-electron chi connectivity index (χ0n) is 11.9. The molecule has 1 aliphatic rings. The molecule has 0 aromatic heterocycles. The lowest BCUT2D eigenvalue weighted by Gasteiger charge is -2.32. The number of hydrogen-bond acceptors (Lipinski definition) is 3. The highest BCUT2D eigenvalue weighted by Crippen LogP contribution is 2.34. The minimum absolute atomic E-state index is 0.121. The molecule has 1 aliphatic carbocycles. The average molecular weight is 271 g/mol. The van der Waals surface area contributed by atoms with Crippen LogP contribution in [0.3, 0.4) is 0 Å². The number of carbonyl (C=O) groups is 2. The quantitative estimate of drug-likeness (QED) is 0.702. The van der Waals surface area contributed by atoms with Crippen molar-refractivity contribution in [2.75, 3.05) is 6.61 Å². The molecular weight excluding hydrogens is 246 g/mol. The first kappa shape index (κ1) is 16.0. The van der Waals surface area contributed by atoms with Crippen molar-refractivity contribution >= 4 is 11.9 Å². The summed E-state index contributed by atoms with van der Waals surface area (Å²) in [4.78, 5) is 23.5. The summed E-state index contributed by atoms with van der Waals surface area (Å²) in [5, 5.41) is 21.3. The lowest BCUT2D eigenvalue weighted by molar-refractivity contribution is -0.150. The molecule has 1 saturated carbocycles. The predicted octanol–water partition coefficient (Wildman–Crippen LogP) is 1.26. The van der Waals surface area contributed by atoms with Crippen LogP contribution in [0.25, 0.3) is 0 Å². The van der Waals surface area contributed by atoms with E-state index < -0.39 is 17.8 Å². The number of carbonyl (C=O) groups excluding carboxylic acids is 1. The molecule has 0 saturated heterocycles. The van der Waals surface area contributed by atoms with E-state index in [0.29, 0.717) is 18.8 Å². The van der Waals surface area contributed by atoms with E-state index in [2.05, 4.69) is 5.32 Å². The summed E-state index contributed by atoms with van der Waals surface area (Å²) >= 11 is 0. The second kappa shape index (κ2) is 6.89. The van der Waals surface area contributed by atoms with E-state index in [4.69, 9.17) is 0 Å². The van der Waals surface area contributed by atoms with E-state index in [9.17, 15) is 19.8 Å². The van der Waals surface area contributed by atoms with Crippen LogP contribution in [-0.2, 0) is 9.59 Å². The van der Waals surface area contributed by atoms with Crippen molar-refractivity contribution in [3.63, 3.8) is 0 Å². The van der Waals surface area contributed by atoms with Crippen LogP contribution in [0.4, 0.5) is 0 Å². The Bertz CT molecular complexity index is 329. The molecule has 3 N–H and O–H groups in total. The van der Waals surface area contributed by atoms with Crippen molar-refractivity contribution in [3.05, 3.63) is 0 Å². The Morgan fingerprint density at radius 2 is 1.89 bits per heavy atom. The fraction of sp³-hybridized carbons (Fsp3) is 0.857. The van der Waals surface area contributed by atoms with Gasteiger partial charge >= 0.3 is 5.97 Å². The van der Waals surface area contributed by atoms with Crippen LogP contribution >= 0.6 is 0 Å². The molecule has 5 heteroatoms. The Morgan fingerprint density at radius 1 is 1.26 bits per heavy atom. The monoisotopic (exact) mass is 271 g/mol. The van der Waals surface area contributed by atoms with Gasteiger partial charge in [-0.15, -0.1) is 0 Å². The molecule has 110 valence electrons. The molecule has 4 atom stereocenters. The zero-order valence-corrected chi connectivity index (χ0v) is 11.9. The molecule has 5 nitrogen and oxygen atoms in total. The minimum atomic E-state index is -0.892. The smallest absolute Gasteiger partial charge is 0.307 e. The third kappa shape index (κ3) is 4.20. The summed E-state index contributed by atoms with van der Waals surface area (Å²) < 4.78 is 0. The largest absolute Gasteiger partial charge is 0.481 e. The fourth-order valence-electron chi connectivity index (χ4n) is 2.68. The maximum Gasteiger partial charge on any atom is 0.307 e. The summed E-state index contributed by atoms with van der Waals surface area (Å²) in [7, 11) is 0. The van der Waals surface area contributed by atoms with Gasteiger partial charge in [-0.05, 0) is 31.1 Å². The SMILES string of the molecule is CC1CCC(C(=O)NC(CO)C(C)C)C(C(=O)O)C1. The zero-order chi connectivity index (χ0) is 14.6. The Hall–Kier alpha value is -1.10. The summed E-state index contributed by atoms with van der Waals surface area (Å²) in [5.41, 5.74) is 0. The third-order valence-electron chi connectivity index (χ3n) is 4.10. The lowest BCUT2D eigenvalue weighted by Crippen LogP contribution is -2.47. The summed E-state index contributed by atoms with van der Waals surface area (Å²) in [6.07, 6.45) is 2.05. The minimum Gasteiger partial charge on any atom is -0.481 e. The highest BCUT2D eigenvalue weighted by atomic mass is 16.4. The highest BCUT2D eigenvalue weighted by molar-refractivity contribution is 5.85. The second-order valence-corrected chi connectivity index (χ2v) is 6.01. The molecule has 0 aliphatic heterocycles. The Morgan fingerprint density at radius 3 is 2.37 bits per heavy atom. The van der Waals surface area contributed by atoms with Gasteiger partial charge in [0.2, 0.25) is 5.91 Å². The molecule has 19 heavy (non-hydrogen) atoms. The van der Waals surface area contributed by atoms with Gasteiger partial charge in [0, 0.05) is 0 Å². The molecule has 0 aromatic rings. The number of nitrogens with one attached hydrogen (secondary N) is 1. The second-order valence-electron chi connectivity index (χ2n) is 6.01. The Labute approximate surface area is 114 Å². The number of aliphatic hydroxyl groups is 1. The first-order chi connectivity index (χ1) is 8.86. The molecule has 1 rings (SSSR count). The van der Waals surface area contributed by atoms with Crippen molar-refractivity contribution in [3.8, 4) is 0 Å². The van der Waals surface area contributed by atoms with E-state index in [1.807, 2.05) is 20.8 Å². The number of aliphatic carboxylic acids is 1. The van der Waals surface area contributed by atoms with E-state index in [1.165, 1.54) is 0 Å². The molecule has 4 unspecified atom stereocenters. The normalized spacial score (nSPS) is 29.0. The third-order valence-corrected chi connectivity index (χ3v) is 4.10. The van der Waals surface area contributed by atoms with Crippen molar-refractivity contribution in [2.45, 2.75) is 46.1 Å². The molecule has 0 aromatic carbocycles. The van der Waals surface area contributed by atoms with Crippen LogP contribution in [0.5, 0.6) is 0 Å². The number of rotatable bonds is 5. The van der Waals surface area contributed by atoms with Gasteiger partial charge in [0.25, 0.3) is 0 Å². The van der Waals surface area contributed by atoms with Crippen molar-refractivity contribution in [1.82, 2.24) is 5.32 Å². The van der Waals surface area contributed by atoms with Gasteiger partial charge in [-0.2, -0.15) is 0 Å². The van der Waals surface area contributed by atoms with Crippen molar-refractivity contribution in [2.24, 2.45) is 23.7 Å². The number of hydrogen-bond donors (Lipinski definition) is 3. The standard InChI is InChI=1S/C14H25NO4/c1-8(2)12(7-16)15-13(17)10-5-4-9(3)6-11(10)14(18)19/h8-12,16H,4-7H2,1-3H3,(H,15,17)(H,18,19). The first-order valence-electron chi connectivity index (χ1n) is 7.00. The van der Waals surface area contributed by atoms with Crippen LogP contribution < -0.4 is 5.32 Å². The molecule has 0 radical (unpaired) electrons. The number of amides is 1. The van der Waals surface area contributed by atoms with Gasteiger partial charge in [-0.1, -0.05) is 20.8 Å². The van der Waals surface area contributed by atoms with Gasteiger partial charge in [0.1, 0.15) is 0 Å². The number of carboxylic acids is 1. The van der Waals surface area contributed by atoms with Crippen molar-refractivity contribution in [1.29, 1.82) is 0 Å². The van der Waals surface area contributed by atoms with E-state index >= 15 is 0 Å². The number of carboxylic acid groups (broad SMARTS) is 1. The first-order valence-corrected chi connectivity index (χ1v) is 7.00.